The van der Waals surface area contributed by atoms with Crippen molar-refractivity contribution in [1.82, 2.24) is 10.3 Å². The molecule has 1 N–H and O–H groups in total. The van der Waals surface area contributed by atoms with Crippen molar-refractivity contribution in [3.05, 3.63) is 28.5 Å². The minimum absolute atomic E-state index is 0.119. The van der Waals surface area contributed by atoms with E-state index in [1.165, 1.54) is 25.7 Å². The lowest BCUT2D eigenvalue weighted by Gasteiger charge is -2.26. The molecule has 2 atom stereocenters. The van der Waals surface area contributed by atoms with Gasteiger partial charge in [-0.15, -0.1) is 0 Å². The van der Waals surface area contributed by atoms with Gasteiger partial charge in [0, 0.05) is 18.4 Å². The van der Waals surface area contributed by atoms with Crippen LogP contribution in [0.5, 0.6) is 0 Å². The molecule has 20 heavy (non-hydrogen) atoms. The first kappa shape index (κ1) is 15.3. The second-order valence-corrected chi connectivity index (χ2v) is 6.40. The Labute approximate surface area is 126 Å². The van der Waals surface area contributed by atoms with Gasteiger partial charge in [-0.1, -0.05) is 37.8 Å². The fraction of sp³-hybridized carbons (Fsp3) is 0.625. The number of hydrogen-bond donors (Lipinski definition) is 1. The zero-order valence-corrected chi connectivity index (χ0v) is 13.0. The maximum absolute atomic E-state index is 12.0. The van der Waals surface area contributed by atoms with Gasteiger partial charge in [-0.2, -0.15) is 0 Å². The SMILES string of the molecule is Cc1cc(Cl)c(C(=O)NCCC2CCCC(C)C2)cn1. The van der Waals surface area contributed by atoms with Crippen LogP contribution in [-0.4, -0.2) is 17.4 Å². The average Bonchev–Trinajstić information content (AvgIpc) is 2.38. The van der Waals surface area contributed by atoms with Gasteiger partial charge in [-0.3, -0.25) is 9.78 Å². The second kappa shape index (κ2) is 7.07. The third-order valence-electron chi connectivity index (χ3n) is 4.12. The van der Waals surface area contributed by atoms with E-state index >= 15 is 0 Å². The van der Waals surface area contributed by atoms with E-state index in [4.69, 9.17) is 11.6 Å². The van der Waals surface area contributed by atoms with Gasteiger partial charge in [0.05, 0.1) is 10.6 Å². The van der Waals surface area contributed by atoms with Gasteiger partial charge in [0.2, 0.25) is 0 Å². The summed E-state index contributed by atoms with van der Waals surface area (Å²) in [5.74, 6) is 1.47. The topological polar surface area (TPSA) is 42.0 Å². The van der Waals surface area contributed by atoms with Crippen LogP contribution >= 0.6 is 11.6 Å². The summed E-state index contributed by atoms with van der Waals surface area (Å²) < 4.78 is 0. The fourth-order valence-corrected chi connectivity index (χ4v) is 3.29. The largest absolute Gasteiger partial charge is 0.352 e. The van der Waals surface area contributed by atoms with Gasteiger partial charge < -0.3 is 5.32 Å². The number of nitrogens with one attached hydrogen (secondary N) is 1. The normalized spacial score (nSPS) is 22.6. The lowest BCUT2D eigenvalue weighted by molar-refractivity contribution is 0.0949. The first-order valence-corrected chi connectivity index (χ1v) is 7.84. The molecule has 0 aromatic carbocycles. The molecule has 1 aromatic heterocycles. The van der Waals surface area contributed by atoms with Crippen LogP contribution in [0.25, 0.3) is 0 Å². The maximum Gasteiger partial charge on any atom is 0.254 e. The van der Waals surface area contributed by atoms with E-state index in [1.54, 1.807) is 12.3 Å². The smallest absolute Gasteiger partial charge is 0.254 e. The molecule has 1 amide bonds. The molecule has 2 unspecified atom stereocenters. The zero-order chi connectivity index (χ0) is 14.5. The number of carbonyl (C=O) groups is 1. The molecule has 0 saturated heterocycles. The molecule has 0 radical (unpaired) electrons. The average molecular weight is 295 g/mol. The minimum Gasteiger partial charge on any atom is -0.352 e. The first-order chi connectivity index (χ1) is 9.56. The van der Waals surface area contributed by atoms with Crippen LogP contribution in [0.15, 0.2) is 12.3 Å². The Morgan fingerprint density at radius 2 is 2.30 bits per heavy atom. The van der Waals surface area contributed by atoms with Gasteiger partial charge in [0.25, 0.3) is 5.91 Å². The van der Waals surface area contributed by atoms with Crippen LogP contribution in [0.2, 0.25) is 5.02 Å². The van der Waals surface area contributed by atoms with Crippen molar-refractivity contribution >= 4 is 17.5 Å². The van der Waals surface area contributed by atoms with E-state index in [9.17, 15) is 4.79 Å². The van der Waals surface area contributed by atoms with Gasteiger partial charge in [0.15, 0.2) is 0 Å². The van der Waals surface area contributed by atoms with E-state index in [-0.39, 0.29) is 5.91 Å². The van der Waals surface area contributed by atoms with Crippen molar-refractivity contribution in [1.29, 1.82) is 0 Å². The molecule has 1 aliphatic carbocycles. The molecule has 4 heteroatoms. The van der Waals surface area contributed by atoms with Crippen LogP contribution in [0.1, 0.15) is 55.1 Å². The summed E-state index contributed by atoms with van der Waals surface area (Å²) >= 11 is 6.07. The van der Waals surface area contributed by atoms with Crippen LogP contribution in [-0.2, 0) is 0 Å². The summed E-state index contributed by atoms with van der Waals surface area (Å²) in [6.07, 6.45) is 7.89. The monoisotopic (exact) mass is 294 g/mol. The number of amides is 1. The number of pyridine rings is 1. The Morgan fingerprint density at radius 1 is 1.50 bits per heavy atom. The zero-order valence-electron chi connectivity index (χ0n) is 12.3. The highest BCUT2D eigenvalue weighted by Gasteiger charge is 2.19. The second-order valence-electron chi connectivity index (χ2n) is 5.99. The van der Waals surface area contributed by atoms with Crippen molar-refractivity contribution in [2.45, 2.75) is 46.0 Å². The number of carbonyl (C=O) groups excluding carboxylic acids is 1. The van der Waals surface area contributed by atoms with E-state index < -0.39 is 0 Å². The van der Waals surface area contributed by atoms with Crippen LogP contribution in [0.4, 0.5) is 0 Å². The number of nitrogens with zero attached hydrogens (tertiary/aromatic N) is 1. The molecule has 0 bridgehead atoms. The lowest BCUT2D eigenvalue weighted by Crippen LogP contribution is -2.27. The number of hydrogen-bond acceptors (Lipinski definition) is 2. The van der Waals surface area contributed by atoms with Gasteiger partial charge in [-0.05, 0) is 37.7 Å². The highest BCUT2D eigenvalue weighted by atomic mass is 35.5. The quantitative estimate of drug-likeness (QED) is 0.912. The van der Waals surface area contributed by atoms with E-state index in [2.05, 4.69) is 17.2 Å². The number of halogens is 1. The highest BCUT2D eigenvalue weighted by molar-refractivity contribution is 6.33. The first-order valence-electron chi connectivity index (χ1n) is 7.46. The molecule has 1 aliphatic rings. The number of rotatable bonds is 4. The number of aryl methyl sites for hydroxylation is 1. The third kappa shape index (κ3) is 4.20. The standard InChI is InChI=1S/C16H23ClN2O/c1-11-4-3-5-13(8-11)6-7-18-16(20)14-10-19-12(2)9-15(14)17/h9-11,13H,3-8H2,1-2H3,(H,18,20). The fourth-order valence-electron chi connectivity index (χ4n) is 3.00. The Hall–Kier alpha value is -1.09. The predicted octanol–water partition coefficient (Wildman–Crippen LogP) is 3.99. The molecular weight excluding hydrogens is 272 g/mol. The molecule has 0 aliphatic heterocycles. The summed E-state index contributed by atoms with van der Waals surface area (Å²) in [6, 6.07) is 1.72. The molecule has 3 nitrogen and oxygen atoms in total. The predicted molar refractivity (Wildman–Crippen MR) is 82.1 cm³/mol. The van der Waals surface area contributed by atoms with Crippen LogP contribution < -0.4 is 5.32 Å². The summed E-state index contributed by atoms with van der Waals surface area (Å²) in [5.41, 5.74) is 1.29. The van der Waals surface area contributed by atoms with Crippen molar-refractivity contribution in [3.63, 3.8) is 0 Å². The van der Waals surface area contributed by atoms with Gasteiger partial charge >= 0.3 is 0 Å². The lowest BCUT2D eigenvalue weighted by atomic mass is 9.81. The van der Waals surface area contributed by atoms with Crippen molar-refractivity contribution in [2.75, 3.05) is 6.54 Å². The Kier molecular flexibility index (Phi) is 5.41. The van der Waals surface area contributed by atoms with E-state index in [1.807, 2.05) is 6.92 Å². The molecule has 0 spiro atoms. The molecule has 1 fully saturated rings. The Bertz CT molecular complexity index is 476. The number of aromatic nitrogens is 1. The molecule has 1 saturated carbocycles. The van der Waals surface area contributed by atoms with Crippen LogP contribution in [0.3, 0.4) is 0 Å². The Balaban J connectivity index is 1.80. The molecule has 2 rings (SSSR count). The summed E-state index contributed by atoms with van der Waals surface area (Å²) in [6.45, 7) is 4.90. The van der Waals surface area contributed by atoms with Gasteiger partial charge in [0.1, 0.15) is 0 Å². The minimum atomic E-state index is -0.119. The van der Waals surface area contributed by atoms with Crippen molar-refractivity contribution < 1.29 is 4.79 Å². The molecule has 1 heterocycles. The van der Waals surface area contributed by atoms with E-state index in [0.29, 0.717) is 10.6 Å². The maximum atomic E-state index is 12.0. The van der Waals surface area contributed by atoms with Crippen molar-refractivity contribution in [2.24, 2.45) is 11.8 Å². The Morgan fingerprint density at radius 3 is 3.00 bits per heavy atom. The molecule has 110 valence electrons. The summed E-state index contributed by atoms with van der Waals surface area (Å²) in [4.78, 5) is 16.2. The van der Waals surface area contributed by atoms with Crippen LogP contribution in [0, 0.1) is 18.8 Å². The summed E-state index contributed by atoms with van der Waals surface area (Å²) in [7, 11) is 0. The van der Waals surface area contributed by atoms with E-state index in [0.717, 1.165) is 30.5 Å². The van der Waals surface area contributed by atoms with Gasteiger partial charge in [-0.25, -0.2) is 0 Å². The molecular formula is C16H23ClN2O. The van der Waals surface area contributed by atoms with Crippen molar-refractivity contribution in [3.8, 4) is 0 Å². The highest BCUT2D eigenvalue weighted by Crippen LogP contribution is 2.30. The molecule has 1 aromatic rings. The summed E-state index contributed by atoms with van der Waals surface area (Å²) in [5, 5.41) is 3.43. The third-order valence-corrected chi connectivity index (χ3v) is 4.43.